The van der Waals surface area contributed by atoms with Gasteiger partial charge in [0, 0.05) is 14.0 Å². The van der Waals surface area contributed by atoms with Gasteiger partial charge in [0.25, 0.3) is 0 Å². The minimum absolute atomic E-state index is 0.0584. The molecule has 18 heavy (non-hydrogen) atoms. The van der Waals surface area contributed by atoms with Gasteiger partial charge in [-0.05, 0) is 52.4 Å². The highest BCUT2D eigenvalue weighted by Gasteiger charge is 2.40. The largest absolute Gasteiger partial charge is 0.454 e. The number of ketones is 1. The Hall–Kier alpha value is -0.900. The molecule has 1 aliphatic rings. The summed E-state index contributed by atoms with van der Waals surface area (Å²) in [5, 5.41) is 0. The Kier molecular flexibility index (Phi) is 4.54. The van der Waals surface area contributed by atoms with Crippen molar-refractivity contribution in [2.24, 2.45) is 5.92 Å². The first-order valence-electron chi connectivity index (χ1n) is 6.49. The summed E-state index contributed by atoms with van der Waals surface area (Å²) >= 11 is 0. The molecule has 0 bridgehead atoms. The lowest BCUT2D eigenvalue weighted by Gasteiger charge is -2.42. The fourth-order valence-electron chi connectivity index (χ4n) is 2.52. The minimum Gasteiger partial charge on any atom is -0.454 e. The van der Waals surface area contributed by atoms with E-state index in [2.05, 4.69) is 6.92 Å². The van der Waals surface area contributed by atoms with E-state index in [0.717, 1.165) is 25.7 Å². The molecule has 1 aliphatic carbocycles. The number of ether oxygens (including phenoxy) is 2. The van der Waals surface area contributed by atoms with Crippen molar-refractivity contribution in [1.82, 2.24) is 0 Å². The quantitative estimate of drug-likeness (QED) is 0.573. The molecule has 0 radical (unpaired) electrons. The van der Waals surface area contributed by atoms with E-state index in [1.54, 1.807) is 7.11 Å². The maximum atomic E-state index is 11.4. The number of carbonyl (C=O) groups is 2. The molecule has 0 spiro atoms. The van der Waals surface area contributed by atoms with Crippen molar-refractivity contribution < 1.29 is 19.1 Å². The van der Waals surface area contributed by atoms with E-state index in [9.17, 15) is 9.59 Å². The van der Waals surface area contributed by atoms with Crippen LogP contribution in [0.1, 0.15) is 53.4 Å². The van der Waals surface area contributed by atoms with Crippen LogP contribution in [0.5, 0.6) is 0 Å². The van der Waals surface area contributed by atoms with Crippen molar-refractivity contribution in [1.29, 1.82) is 0 Å². The molecule has 0 aliphatic heterocycles. The first kappa shape index (κ1) is 15.2. The Morgan fingerprint density at radius 3 is 2.11 bits per heavy atom. The van der Waals surface area contributed by atoms with Crippen molar-refractivity contribution in [2.45, 2.75) is 64.6 Å². The van der Waals surface area contributed by atoms with Crippen molar-refractivity contribution in [3.05, 3.63) is 0 Å². The molecule has 1 saturated carbocycles. The molecule has 1 fully saturated rings. The number of esters is 1. The van der Waals surface area contributed by atoms with Crippen LogP contribution in [-0.2, 0) is 19.1 Å². The Balaban J connectivity index is 2.60. The molecule has 4 heteroatoms. The fraction of sp³-hybridized carbons (Fsp3) is 0.857. The Morgan fingerprint density at radius 2 is 1.72 bits per heavy atom. The van der Waals surface area contributed by atoms with Gasteiger partial charge in [0.2, 0.25) is 5.78 Å². The normalized spacial score (nSPS) is 28.8. The molecule has 0 heterocycles. The zero-order chi connectivity index (χ0) is 14.0. The number of hydrogen-bond donors (Lipinski definition) is 0. The topological polar surface area (TPSA) is 52.6 Å². The van der Waals surface area contributed by atoms with E-state index in [-0.39, 0.29) is 11.5 Å². The highest BCUT2D eigenvalue weighted by Crippen LogP contribution is 2.40. The maximum Gasteiger partial charge on any atom is 0.374 e. The number of Topliss-reactive ketones (excluding diaryl/α,β-unsaturated/α-hetero) is 1. The predicted molar refractivity (Wildman–Crippen MR) is 68.2 cm³/mol. The summed E-state index contributed by atoms with van der Waals surface area (Å²) in [4.78, 5) is 22.3. The van der Waals surface area contributed by atoms with Crippen LogP contribution in [0, 0.1) is 5.92 Å². The lowest BCUT2D eigenvalue weighted by Crippen LogP contribution is -2.43. The van der Waals surface area contributed by atoms with E-state index in [1.807, 2.05) is 13.8 Å². The van der Waals surface area contributed by atoms with Crippen molar-refractivity contribution >= 4 is 11.8 Å². The van der Waals surface area contributed by atoms with Crippen LogP contribution in [0.3, 0.4) is 0 Å². The van der Waals surface area contributed by atoms with Crippen LogP contribution in [0.25, 0.3) is 0 Å². The van der Waals surface area contributed by atoms with Gasteiger partial charge in [0.1, 0.15) is 5.60 Å². The molecule has 0 aromatic carbocycles. The summed E-state index contributed by atoms with van der Waals surface area (Å²) in [6.45, 7) is 7.11. The monoisotopic (exact) mass is 256 g/mol. The molecule has 0 N–H and O–H groups in total. The lowest BCUT2D eigenvalue weighted by molar-refractivity contribution is -0.170. The van der Waals surface area contributed by atoms with Gasteiger partial charge in [-0.3, -0.25) is 4.79 Å². The number of carbonyl (C=O) groups excluding carboxylic acids is 2. The number of methoxy groups -OCH3 is 1. The average Bonchev–Trinajstić information content (AvgIpc) is 2.29. The molecule has 0 saturated heterocycles. The first-order valence-corrected chi connectivity index (χ1v) is 6.49. The molecule has 104 valence electrons. The van der Waals surface area contributed by atoms with Gasteiger partial charge in [-0.2, -0.15) is 0 Å². The molecule has 1 rings (SSSR count). The SMILES string of the molecule is COC1(C)CCC(C(C)(C)OC(=O)C(C)=O)CC1. The lowest BCUT2D eigenvalue weighted by atomic mass is 9.73. The van der Waals surface area contributed by atoms with Crippen molar-refractivity contribution in [3.63, 3.8) is 0 Å². The summed E-state index contributed by atoms with van der Waals surface area (Å²) in [5.41, 5.74) is -0.644. The highest BCUT2D eigenvalue weighted by molar-refractivity contribution is 6.32. The van der Waals surface area contributed by atoms with Crippen LogP contribution in [0.2, 0.25) is 0 Å². The molecule has 0 aromatic rings. The highest BCUT2D eigenvalue weighted by atomic mass is 16.6. The van der Waals surface area contributed by atoms with Gasteiger partial charge in [-0.1, -0.05) is 0 Å². The molecule has 4 nitrogen and oxygen atoms in total. The van der Waals surface area contributed by atoms with Gasteiger partial charge >= 0.3 is 5.97 Å². The molecular weight excluding hydrogens is 232 g/mol. The van der Waals surface area contributed by atoms with Crippen LogP contribution in [0.4, 0.5) is 0 Å². The molecule has 0 amide bonds. The second kappa shape index (κ2) is 5.39. The van der Waals surface area contributed by atoms with Crippen LogP contribution < -0.4 is 0 Å². The Labute approximate surface area is 109 Å². The van der Waals surface area contributed by atoms with E-state index in [4.69, 9.17) is 9.47 Å². The Bertz CT molecular complexity index is 325. The van der Waals surface area contributed by atoms with Gasteiger partial charge in [0.15, 0.2) is 0 Å². The predicted octanol–water partition coefficient (Wildman–Crippen LogP) is 2.49. The molecular formula is C14H24O4. The van der Waals surface area contributed by atoms with Crippen LogP contribution in [-0.4, -0.2) is 30.1 Å². The summed E-state index contributed by atoms with van der Waals surface area (Å²) < 4.78 is 10.8. The van der Waals surface area contributed by atoms with Gasteiger partial charge in [0.05, 0.1) is 5.60 Å². The third-order valence-corrected chi connectivity index (χ3v) is 4.16. The summed E-state index contributed by atoms with van der Waals surface area (Å²) in [6.07, 6.45) is 3.80. The number of hydrogen-bond acceptors (Lipinski definition) is 4. The third-order valence-electron chi connectivity index (χ3n) is 4.16. The smallest absolute Gasteiger partial charge is 0.374 e. The van der Waals surface area contributed by atoms with E-state index >= 15 is 0 Å². The fourth-order valence-corrected chi connectivity index (χ4v) is 2.52. The second-order valence-corrected chi connectivity index (χ2v) is 5.98. The maximum absolute atomic E-state index is 11.4. The average molecular weight is 256 g/mol. The van der Waals surface area contributed by atoms with E-state index in [0.29, 0.717) is 0 Å². The van der Waals surface area contributed by atoms with Gasteiger partial charge in [-0.25, -0.2) is 4.79 Å². The number of rotatable bonds is 4. The van der Waals surface area contributed by atoms with Crippen molar-refractivity contribution in [3.8, 4) is 0 Å². The first-order chi connectivity index (χ1) is 8.20. The molecule has 0 unspecified atom stereocenters. The minimum atomic E-state index is -0.736. The molecule has 0 aromatic heterocycles. The summed E-state index contributed by atoms with van der Waals surface area (Å²) in [6, 6.07) is 0. The van der Waals surface area contributed by atoms with Crippen LogP contribution >= 0.6 is 0 Å². The van der Waals surface area contributed by atoms with Crippen LogP contribution in [0.15, 0.2) is 0 Å². The van der Waals surface area contributed by atoms with Crippen molar-refractivity contribution in [2.75, 3.05) is 7.11 Å². The zero-order valence-electron chi connectivity index (χ0n) is 12.0. The second-order valence-electron chi connectivity index (χ2n) is 5.98. The van der Waals surface area contributed by atoms with Gasteiger partial charge in [-0.15, -0.1) is 0 Å². The third kappa shape index (κ3) is 3.55. The standard InChI is InChI=1S/C14H24O4/c1-10(15)12(16)18-13(2,3)11-6-8-14(4,17-5)9-7-11/h11H,6-9H2,1-5H3. The summed E-state index contributed by atoms with van der Waals surface area (Å²) in [5.74, 6) is -0.996. The Morgan fingerprint density at radius 1 is 1.22 bits per heavy atom. The summed E-state index contributed by atoms with van der Waals surface area (Å²) in [7, 11) is 1.74. The molecule has 0 atom stereocenters. The van der Waals surface area contributed by atoms with E-state index < -0.39 is 17.4 Å². The zero-order valence-corrected chi connectivity index (χ0v) is 12.0. The van der Waals surface area contributed by atoms with Gasteiger partial charge < -0.3 is 9.47 Å². The van der Waals surface area contributed by atoms with E-state index in [1.165, 1.54) is 6.92 Å².